The second-order valence-corrected chi connectivity index (χ2v) is 10.4. The minimum atomic E-state index is -4.97. The van der Waals surface area contributed by atoms with E-state index in [0.29, 0.717) is 16.5 Å². The molecule has 1 aromatic heterocycles. The Balaban J connectivity index is 2.07. The number of halogens is 3. The van der Waals surface area contributed by atoms with Crippen molar-refractivity contribution in [1.29, 1.82) is 5.26 Å². The van der Waals surface area contributed by atoms with Gasteiger partial charge in [0.15, 0.2) is 5.60 Å². The lowest BCUT2D eigenvalue weighted by Crippen LogP contribution is -2.51. The Morgan fingerprint density at radius 3 is 2.21 bits per heavy atom. The molecule has 0 spiro atoms. The Morgan fingerprint density at radius 1 is 1.00 bits per heavy atom. The molecule has 3 aromatic rings. The Bertz CT molecular complexity index is 1210. The topological polar surface area (TPSA) is 80.0 Å². The van der Waals surface area contributed by atoms with Gasteiger partial charge in [-0.25, -0.2) is 0 Å². The summed E-state index contributed by atoms with van der Waals surface area (Å²) in [6.45, 7) is 9.06. The molecule has 176 valence electrons. The summed E-state index contributed by atoms with van der Waals surface area (Å²) in [7, 11) is 0. The Labute approximate surface area is 191 Å². The quantitative estimate of drug-likeness (QED) is 0.423. The summed E-state index contributed by atoms with van der Waals surface area (Å²) in [6.07, 6.45) is -6.48. The Hall–Kier alpha value is -2.98. The number of aromatic amines is 1. The molecule has 0 fully saturated rings. The molecular formula is C26H29F3N2O2. The van der Waals surface area contributed by atoms with Crippen LogP contribution in [0.4, 0.5) is 13.2 Å². The molecule has 0 amide bonds. The van der Waals surface area contributed by atoms with Gasteiger partial charge in [-0.05, 0) is 40.5 Å². The van der Waals surface area contributed by atoms with Crippen molar-refractivity contribution in [3.8, 4) is 11.8 Å². The second kappa shape index (κ2) is 8.11. The standard InChI is InChI=1S/C26H29F3N2O2/c1-23(2,3)16-10-11-22(32)19(12-16)24(4,5)15-25(33,26(27,28)29)13-21-18(14-30)17-8-6-7-9-20(17)31-21/h6-12,31-33H,13,15H2,1-5H3. The van der Waals surface area contributed by atoms with E-state index in [1.165, 1.54) is 6.07 Å². The number of H-pyrrole nitrogens is 1. The van der Waals surface area contributed by atoms with Crippen molar-refractivity contribution in [2.75, 3.05) is 0 Å². The SMILES string of the molecule is CC(C)(C)c1ccc(O)c(C(C)(C)CC(O)(Cc2[nH]c3ccccc3c2C#N)C(F)(F)F)c1. The van der Waals surface area contributed by atoms with Gasteiger partial charge in [0, 0.05) is 23.0 Å². The van der Waals surface area contributed by atoms with E-state index in [4.69, 9.17) is 0 Å². The number of aliphatic hydroxyl groups is 1. The minimum Gasteiger partial charge on any atom is -0.508 e. The summed E-state index contributed by atoms with van der Waals surface area (Å²) >= 11 is 0. The highest BCUT2D eigenvalue weighted by atomic mass is 19.4. The summed E-state index contributed by atoms with van der Waals surface area (Å²) in [5, 5.41) is 31.6. The molecule has 0 aliphatic rings. The van der Waals surface area contributed by atoms with Gasteiger partial charge >= 0.3 is 6.18 Å². The van der Waals surface area contributed by atoms with E-state index in [9.17, 15) is 28.6 Å². The first kappa shape index (κ1) is 24.7. The van der Waals surface area contributed by atoms with Crippen LogP contribution >= 0.6 is 0 Å². The molecule has 0 saturated heterocycles. The first-order valence-corrected chi connectivity index (χ1v) is 10.7. The first-order chi connectivity index (χ1) is 15.1. The van der Waals surface area contributed by atoms with Crippen molar-refractivity contribution in [2.24, 2.45) is 0 Å². The molecule has 4 nitrogen and oxygen atoms in total. The number of nitriles is 1. The fourth-order valence-electron chi connectivity index (χ4n) is 4.38. The third-order valence-electron chi connectivity index (χ3n) is 6.22. The maximum absolute atomic E-state index is 14.3. The van der Waals surface area contributed by atoms with Gasteiger partial charge in [0.1, 0.15) is 11.8 Å². The van der Waals surface area contributed by atoms with Crippen LogP contribution in [0.15, 0.2) is 42.5 Å². The van der Waals surface area contributed by atoms with Crippen molar-refractivity contribution in [3.05, 3.63) is 64.8 Å². The summed E-state index contributed by atoms with van der Waals surface area (Å²) in [4.78, 5) is 2.88. The van der Waals surface area contributed by atoms with Gasteiger partial charge in [0.05, 0.1) is 5.56 Å². The third-order valence-corrected chi connectivity index (χ3v) is 6.22. The normalized spacial score (nSPS) is 14.8. The summed E-state index contributed by atoms with van der Waals surface area (Å²) < 4.78 is 42.9. The summed E-state index contributed by atoms with van der Waals surface area (Å²) in [5.41, 5.74) is -2.79. The highest BCUT2D eigenvalue weighted by Crippen LogP contribution is 2.46. The average Bonchev–Trinajstić information content (AvgIpc) is 3.02. The van der Waals surface area contributed by atoms with E-state index in [-0.39, 0.29) is 22.4 Å². The van der Waals surface area contributed by atoms with Crippen LogP contribution in [0.3, 0.4) is 0 Å². The number of hydrogen-bond acceptors (Lipinski definition) is 3. The summed E-state index contributed by atoms with van der Waals surface area (Å²) in [5.74, 6) is -0.124. The van der Waals surface area contributed by atoms with Crippen LogP contribution in [0.5, 0.6) is 5.75 Å². The van der Waals surface area contributed by atoms with Gasteiger partial charge in [-0.15, -0.1) is 0 Å². The molecule has 2 aromatic carbocycles. The first-order valence-electron chi connectivity index (χ1n) is 10.7. The lowest BCUT2D eigenvalue weighted by Gasteiger charge is -2.38. The zero-order valence-corrected chi connectivity index (χ0v) is 19.4. The zero-order valence-electron chi connectivity index (χ0n) is 19.4. The number of hydrogen-bond donors (Lipinski definition) is 3. The molecular weight excluding hydrogens is 429 g/mol. The van der Waals surface area contributed by atoms with Crippen LogP contribution < -0.4 is 0 Å². The van der Waals surface area contributed by atoms with Gasteiger partial charge in [-0.3, -0.25) is 0 Å². The van der Waals surface area contributed by atoms with Gasteiger partial charge in [0.25, 0.3) is 0 Å². The Kier molecular flexibility index (Phi) is 6.06. The monoisotopic (exact) mass is 458 g/mol. The predicted molar refractivity (Wildman–Crippen MR) is 122 cm³/mol. The van der Waals surface area contributed by atoms with E-state index in [2.05, 4.69) is 4.98 Å². The number of para-hydroxylation sites is 1. The molecule has 0 aliphatic carbocycles. The van der Waals surface area contributed by atoms with E-state index < -0.39 is 30.0 Å². The van der Waals surface area contributed by atoms with Crippen molar-refractivity contribution in [1.82, 2.24) is 4.98 Å². The van der Waals surface area contributed by atoms with Gasteiger partial charge < -0.3 is 15.2 Å². The van der Waals surface area contributed by atoms with Crippen LogP contribution in [0.1, 0.15) is 63.4 Å². The van der Waals surface area contributed by atoms with Crippen LogP contribution in [0.25, 0.3) is 10.9 Å². The van der Waals surface area contributed by atoms with Crippen molar-refractivity contribution < 1.29 is 23.4 Å². The largest absolute Gasteiger partial charge is 0.508 e. The maximum Gasteiger partial charge on any atom is 0.417 e. The number of phenols is 1. The number of alkyl halides is 3. The zero-order chi connectivity index (χ0) is 24.8. The van der Waals surface area contributed by atoms with Crippen LogP contribution in [-0.4, -0.2) is 27.0 Å². The number of fused-ring (bicyclic) bond motifs is 1. The number of nitrogens with one attached hydrogen (secondary N) is 1. The van der Waals surface area contributed by atoms with Crippen molar-refractivity contribution >= 4 is 10.9 Å². The Morgan fingerprint density at radius 2 is 1.64 bits per heavy atom. The van der Waals surface area contributed by atoms with Crippen LogP contribution in [0.2, 0.25) is 0 Å². The lowest BCUT2D eigenvalue weighted by molar-refractivity contribution is -0.266. The molecule has 33 heavy (non-hydrogen) atoms. The maximum atomic E-state index is 14.3. The van der Waals surface area contributed by atoms with Crippen LogP contribution in [-0.2, 0) is 17.3 Å². The number of rotatable bonds is 5. The second-order valence-electron chi connectivity index (χ2n) is 10.4. The molecule has 1 atom stereocenters. The molecule has 1 heterocycles. The molecule has 0 aliphatic heterocycles. The van der Waals surface area contributed by atoms with Gasteiger partial charge in [-0.2, -0.15) is 18.4 Å². The highest BCUT2D eigenvalue weighted by Gasteiger charge is 2.56. The fraction of sp³-hybridized carbons (Fsp3) is 0.423. The fourth-order valence-corrected chi connectivity index (χ4v) is 4.38. The van der Waals surface area contributed by atoms with Gasteiger partial charge in [0.2, 0.25) is 0 Å². The number of aromatic nitrogens is 1. The highest BCUT2D eigenvalue weighted by molar-refractivity contribution is 5.87. The molecule has 0 saturated carbocycles. The molecule has 0 radical (unpaired) electrons. The molecule has 3 N–H and O–H groups in total. The lowest BCUT2D eigenvalue weighted by atomic mass is 9.71. The van der Waals surface area contributed by atoms with Crippen molar-refractivity contribution in [3.63, 3.8) is 0 Å². The number of phenolic OH excluding ortho intramolecular Hbond substituents is 1. The van der Waals surface area contributed by atoms with E-state index >= 15 is 0 Å². The smallest absolute Gasteiger partial charge is 0.417 e. The van der Waals surface area contributed by atoms with E-state index in [0.717, 1.165) is 5.56 Å². The number of nitrogens with zero attached hydrogens (tertiary/aromatic N) is 1. The van der Waals surface area contributed by atoms with E-state index in [1.807, 2.05) is 26.8 Å². The van der Waals surface area contributed by atoms with Crippen molar-refractivity contribution in [2.45, 2.75) is 70.1 Å². The molecule has 0 bridgehead atoms. The predicted octanol–water partition coefficient (Wildman–Crippen LogP) is 6.25. The van der Waals surface area contributed by atoms with E-state index in [1.54, 1.807) is 50.2 Å². The molecule has 3 rings (SSSR count). The minimum absolute atomic E-state index is 0.0296. The van der Waals surface area contributed by atoms with Crippen LogP contribution in [0, 0.1) is 11.3 Å². The number of benzene rings is 2. The average molecular weight is 459 g/mol. The number of aromatic hydroxyl groups is 1. The molecule has 7 heteroatoms. The summed E-state index contributed by atoms with van der Waals surface area (Å²) in [6, 6.07) is 13.6. The molecule has 1 unspecified atom stereocenters. The third kappa shape index (κ3) is 4.72. The van der Waals surface area contributed by atoms with Gasteiger partial charge in [-0.1, -0.05) is 65.0 Å².